The third kappa shape index (κ3) is 74.0. The van der Waals surface area contributed by atoms with Crippen molar-refractivity contribution in [1.82, 2.24) is 0 Å². The molecule has 0 rings (SSSR count). The van der Waals surface area contributed by atoms with E-state index in [4.69, 9.17) is 37.0 Å². The second-order valence-electron chi connectivity index (χ2n) is 26.7. The molecule has 17 nitrogen and oxygen atoms in total. The predicted molar refractivity (Wildman–Crippen MR) is 418 cm³/mol. The number of ether oxygens (including phenoxy) is 4. The molecule has 0 radical (unpaired) electrons. The van der Waals surface area contributed by atoms with Gasteiger partial charge in [0.25, 0.3) is 0 Å². The van der Waals surface area contributed by atoms with Crippen LogP contribution in [-0.4, -0.2) is 96.7 Å². The largest absolute Gasteiger partial charge is 0.472 e. The lowest BCUT2D eigenvalue weighted by atomic mass is 10.0. The number of esters is 4. The van der Waals surface area contributed by atoms with E-state index in [1.165, 1.54) is 135 Å². The summed E-state index contributed by atoms with van der Waals surface area (Å²) < 4.78 is 68.5. The number of phosphoric ester groups is 2. The van der Waals surface area contributed by atoms with Crippen molar-refractivity contribution in [2.24, 2.45) is 0 Å². The van der Waals surface area contributed by atoms with E-state index in [0.29, 0.717) is 38.5 Å². The minimum atomic E-state index is -4.99. The van der Waals surface area contributed by atoms with Crippen LogP contribution in [0.3, 0.4) is 0 Å². The van der Waals surface area contributed by atoms with E-state index in [9.17, 15) is 43.2 Å². The van der Waals surface area contributed by atoms with Crippen molar-refractivity contribution in [3.8, 4) is 0 Å². The van der Waals surface area contributed by atoms with Crippen LogP contribution >= 0.6 is 15.6 Å². The molecule has 0 heterocycles. The van der Waals surface area contributed by atoms with Crippen LogP contribution in [0.15, 0.2) is 109 Å². The van der Waals surface area contributed by atoms with E-state index in [2.05, 4.69) is 113 Å². The zero-order valence-electron chi connectivity index (χ0n) is 64.3. The van der Waals surface area contributed by atoms with Gasteiger partial charge in [0.2, 0.25) is 0 Å². The summed E-state index contributed by atoms with van der Waals surface area (Å²) in [5, 5.41) is 10.6. The standard InChI is InChI=1S/C83H144O17P2/c1-5-9-13-17-21-25-29-33-36-38-41-44-48-52-56-60-64-68-81(86)94-74-79(99-82(87)69-65-61-57-53-49-45-40-35-31-27-23-19-15-11-7-3)76-98-102(91,92)96-72-77(84)71-95-101(89,90)97-75-78(73-93-80(85)67-63-59-55-51-47-43-32-28-24-20-16-12-8-4)100-83(88)70-66-62-58-54-50-46-42-39-37-34-30-26-22-18-14-10-6-2/h21-22,25-26,33-37,40-42,44,46,52,54,56,58,77-79,84H,5-20,23-24,27-32,38-39,43,45,47-51,53,55,57,59-76H2,1-4H3,(H,89,90)(H,91,92)/b25-21-,26-22-,36-33-,37-34-,40-35-,44-41-,46-42-,56-52-,58-54-/t77-,78+,79+/m0/s1. The lowest BCUT2D eigenvalue weighted by Gasteiger charge is -2.21. The summed E-state index contributed by atoms with van der Waals surface area (Å²) in [6, 6.07) is 0. The maximum Gasteiger partial charge on any atom is 0.472 e. The molecule has 0 aromatic heterocycles. The predicted octanol–water partition coefficient (Wildman–Crippen LogP) is 23.3. The molecular formula is C83H144O17P2. The summed E-state index contributed by atoms with van der Waals surface area (Å²) in [7, 11) is -9.99. The van der Waals surface area contributed by atoms with Gasteiger partial charge in [0, 0.05) is 25.7 Å². The molecule has 0 aliphatic heterocycles. The molecule has 2 unspecified atom stereocenters. The van der Waals surface area contributed by atoms with Crippen molar-refractivity contribution in [1.29, 1.82) is 0 Å². The van der Waals surface area contributed by atoms with Crippen molar-refractivity contribution in [3.05, 3.63) is 109 Å². The van der Waals surface area contributed by atoms with Gasteiger partial charge >= 0.3 is 39.5 Å². The molecule has 5 atom stereocenters. The molecule has 0 fully saturated rings. The normalized spacial score (nSPS) is 14.5. The number of allylic oxidation sites excluding steroid dienone is 18. The summed E-state index contributed by atoms with van der Waals surface area (Å²) in [5.74, 6) is -2.30. The van der Waals surface area contributed by atoms with Crippen molar-refractivity contribution in [2.75, 3.05) is 39.6 Å². The smallest absolute Gasteiger partial charge is 0.462 e. The second kappa shape index (κ2) is 75.0. The number of phosphoric acid groups is 2. The Balaban J connectivity index is 5.45. The molecular weight excluding hydrogens is 1330 g/mol. The average Bonchev–Trinajstić information content (AvgIpc) is 0.951. The molecule has 0 aromatic carbocycles. The molecule has 0 saturated heterocycles. The Morgan fingerprint density at radius 2 is 0.490 bits per heavy atom. The molecule has 0 aromatic rings. The Morgan fingerprint density at radius 1 is 0.275 bits per heavy atom. The first-order valence-electron chi connectivity index (χ1n) is 40.1. The van der Waals surface area contributed by atoms with E-state index >= 15 is 0 Å². The topological polar surface area (TPSA) is 237 Å². The van der Waals surface area contributed by atoms with E-state index in [-0.39, 0.29) is 25.7 Å². The number of carbonyl (C=O) groups is 4. The molecule has 0 bridgehead atoms. The first-order chi connectivity index (χ1) is 49.7. The first kappa shape index (κ1) is 97.7. The van der Waals surface area contributed by atoms with Gasteiger partial charge in [-0.25, -0.2) is 9.13 Å². The molecule has 3 N–H and O–H groups in total. The van der Waals surface area contributed by atoms with Crippen LogP contribution in [0.5, 0.6) is 0 Å². The molecule has 0 spiro atoms. The van der Waals surface area contributed by atoms with Crippen LogP contribution in [0.25, 0.3) is 0 Å². The van der Waals surface area contributed by atoms with Gasteiger partial charge in [0.1, 0.15) is 19.3 Å². The zero-order valence-corrected chi connectivity index (χ0v) is 66.0. The summed E-state index contributed by atoms with van der Waals surface area (Å²) in [6.07, 6.45) is 80.8. The lowest BCUT2D eigenvalue weighted by Crippen LogP contribution is -2.30. The number of hydrogen-bond acceptors (Lipinski definition) is 15. The molecule has 0 aliphatic carbocycles. The van der Waals surface area contributed by atoms with Crippen LogP contribution in [0.2, 0.25) is 0 Å². The number of hydrogen-bond donors (Lipinski definition) is 3. The average molecular weight is 1480 g/mol. The monoisotopic (exact) mass is 1470 g/mol. The van der Waals surface area contributed by atoms with Crippen molar-refractivity contribution < 1.29 is 80.2 Å². The second-order valence-corrected chi connectivity index (χ2v) is 29.6. The molecule has 19 heteroatoms. The number of rotatable bonds is 75. The summed E-state index contributed by atoms with van der Waals surface area (Å²) in [5.41, 5.74) is 0. The molecule has 588 valence electrons. The fourth-order valence-electron chi connectivity index (χ4n) is 10.6. The van der Waals surface area contributed by atoms with Crippen molar-refractivity contribution in [3.63, 3.8) is 0 Å². The number of unbranched alkanes of at least 4 members (excludes halogenated alkanes) is 31. The van der Waals surface area contributed by atoms with Gasteiger partial charge in [-0.15, -0.1) is 0 Å². The van der Waals surface area contributed by atoms with Gasteiger partial charge in [-0.2, -0.15) is 0 Å². The molecule has 0 saturated carbocycles. The SMILES string of the molecule is CCCCC/C=C\C/C=C\C/C=C\C/C=C\CCCC(=O)OC[C@H](COP(=O)(O)OC[C@@H](O)COP(=O)(O)OC[C@@H](COC(=O)CCCCCCCCCCCCCCC)OC(=O)CCC/C=C\C/C=C\C/C=C\C/C=C\CCCCC)OC(=O)CCCCCCC/C=C\CCCCCCCC. The van der Waals surface area contributed by atoms with Crippen LogP contribution in [0, 0.1) is 0 Å². The van der Waals surface area contributed by atoms with Gasteiger partial charge in [-0.3, -0.25) is 37.3 Å². The van der Waals surface area contributed by atoms with E-state index in [1.54, 1.807) is 0 Å². The minimum absolute atomic E-state index is 0.0189. The minimum Gasteiger partial charge on any atom is -0.462 e. The molecule has 102 heavy (non-hydrogen) atoms. The summed E-state index contributed by atoms with van der Waals surface area (Å²) >= 11 is 0. The molecule has 0 amide bonds. The van der Waals surface area contributed by atoms with Crippen molar-refractivity contribution in [2.45, 2.75) is 354 Å². The Labute approximate surface area is 619 Å². The highest BCUT2D eigenvalue weighted by Crippen LogP contribution is 2.45. The first-order valence-corrected chi connectivity index (χ1v) is 43.1. The Bertz CT molecular complexity index is 2360. The number of carbonyl (C=O) groups excluding carboxylic acids is 4. The maximum absolute atomic E-state index is 13.1. The fraction of sp³-hybridized carbons (Fsp3) is 0.735. The highest BCUT2D eigenvalue weighted by Gasteiger charge is 2.30. The van der Waals surface area contributed by atoms with Gasteiger partial charge < -0.3 is 33.8 Å². The number of aliphatic hydroxyl groups excluding tert-OH is 1. The lowest BCUT2D eigenvalue weighted by molar-refractivity contribution is -0.161. The third-order valence-electron chi connectivity index (χ3n) is 16.7. The van der Waals surface area contributed by atoms with Crippen LogP contribution in [0.1, 0.15) is 336 Å². The maximum atomic E-state index is 13.1. The zero-order chi connectivity index (χ0) is 74.6. The molecule has 0 aliphatic rings. The Hall–Kier alpha value is -4.28. The highest BCUT2D eigenvalue weighted by atomic mass is 31.2. The van der Waals surface area contributed by atoms with Crippen LogP contribution in [0.4, 0.5) is 0 Å². The van der Waals surface area contributed by atoms with Crippen molar-refractivity contribution >= 4 is 39.5 Å². The number of aliphatic hydroxyl groups is 1. The quantitative estimate of drug-likeness (QED) is 0.0169. The third-order valence-corrected chi connectivity index (χ3v) is 18.6. The van der Waals surface area contributed by atoms with E-state index in [0.717, 1.165) is 109 Å². The Kier molecular flexibility index (Phi) is 71.8. The Morgan fingerprint density at radius 3 is 0.814 bits per heavy atom. The van der Waals surface area contributed by atoms with Gasteiger partial charge in [-0.1, -0.05) is 291 Å². The summed E-state index contributed by atoms with van der Waals surface area (Å²) in [4.78, 5) is 72.9. The van der Waals surface area contributed by atoms with E-state index in [1.807, 2.05) is 24.3 Å². The van der Waals surface area contributed by atoms with Gasteiger partial charge in [-0.05, 0) is 128 Å². The van der Waals surface area contributed by atoms with Crippen LogP contribution < -0.4 is 0 Å². The summed E-state index contributed by atoms with van der Waals surface area (Å²) in [6.45, 7) is 4.71. The van der Waals surface area contributed by atoms with Crippen LogP contribution in [-0.2, 0) is 65.4 Å². The van der Waals surface area contributed by atoms with Gasteiger partial charge in [0.15, 0.2) is 12.2 Å². The fourth-order valence-corrected chi connectivity index (χ4v) is 12.1. The van der Waals surface area contributed by atoms with E-state index < -0.39 is 97.5 Å². The highest BCUT2D eigenvalue weighted by molar-refractivity contribution is 7.47. The van der Waals surface area contributed by atoms with Gasteiger partial charge in [0.05, 0.1) is 26.4 Å².